The number of ether oxygens (including phenoxy) is 1. The fourth-order valence-corrected chi connectivity index (χ4v) is 2.65. The first-order chi connectivity index (χ1) is 9.42. The Morgan fingerprint density at radius 2 is 1.79 bits per heavy atom. The molecule has 0 spiro atoms. The molecule has 1 N–H and O–H groups in total. The van der Waals surface area contributed by atoms with Gasteiger partial charge in [0.2, 0.25) is 0 Å². The first-order valence-corrected chi connectivity index (χ1v) is 7.80. The van der Waals surface area contributed by atoms with Crippen LogP contribution in [0.2, 0.25) is 0 Å². The molecule has 102 valence electrons. The van der Waals surface area contributed by atoms with Gasteiger partial charge in [-0.05, 0) is 22.8 Å². The van der Waals surface area contributed by atoms with Crippen LogP contribution in [0.3, 0.4) is 0 Å². The highest BCUT2D eigenvalue weighted by atomic mass is 32.2. The van der Waals surface area contributed by atoms with Gasteiger partial charge in [0.15, 0.2) is 0 Å². The van der Waals surface area contributed by atoms with Crippen LogP contribution in [0.25, 0.3) is 10.8 Å². The fourth-order valence-electron chi connectivity index (χ4n) is 2.08. The van der Waals surface area contributed by atoms with Crippen LogP contribution in [-0.4, -0.2) is 36.4 Å². The lowest BCUT2D eigenvalue weighted by Crippen LogP contribution is -2.03. The van der Waals surface area contributed by atoms with Crippen LogP contribution in [0, 0.1) is 0 Å². The zero-order valence-corrected chi connectivity index (χ0v) is 11.9. The van der Waals surface area contributed by atoms with Crippen molar-refractivity contribution in [1.29, 1.82) is 0 Å². The molecular formula is C16H20O2S. The molecule has 19 heavy (non-hydrogen) atoms. The second-order valence-corrected chi connectivity index (χ2v) is 5.56. The number of benzene rings is 2. The standard InChI is InChI=1S/C16H20O2S/c17-9-12-19-13-11-18-10-8-15-6-3-5-14-4-1-2-7-16(14)15/h1-7,17H,8-13H2. The Kier molecular flexibility index (Phi) is 6.21. The van der Waals surface area contributed by atoms with Crippen molar-refractivity contribution >= 4 is 22.5 Å². The van der Waals surface area contributed by atoms with E-state index >= 15 is 0 Å². The largest absolute Gasteiger partial charge is 0.396 e. The minimum Gasteiger partial charge on any atom is -0.396 e. The van der Waals surface area contributed by atoms with Crippen LogP contribution in [0.5, 0.6) is 0 Å². The molecule has 0 saturated carbocycles. The zero-order chi connectivity index (χ0) is 13.3. The number of aliphatic hydroxyl groups is 1. The maximum absolute atomic E-state index is 8.66. The summed E-state index contributed by atoms with van der Waals surface area (Å²) in [6.45, 7) is 1.77. The summed E-state index contributed by atoms with van der Waals surface area (Å²) >= 11 is 1.73. The summed E-state index contributed by atoms with van der Waals surface area (Å²) < 4.78 is 5.63. The molecule has 0 unspecified atom stereocenters. The summed E-state index contributed by atoms with van der Waals surface area (Å²) in [5.74, 6) is 1.75. The van der Waals surface area contributed by atoms with E-state index in [2.05, 4.69) is 42.5 Å². The third-order valence-corrected chi connectivity index (χ3v) is 3.93. The number of hydrogen-bond acceptors (Lipinski definition) is 3. The average molecular weight is 276 g/mol. The molecule has 0 saturated heterocycles. The lowest BCUT2D eigenvalue weighted by Gasteiger charge is -2.07. The van der Waals surface area contributed by atoms with Crippen molar-refractivity contribution < 1.29 is 9.84 Å². The molecule has 0 aliphatic rings. The van der Waals surface area contributed by atoms with E-state index in [1.807, 2.05) is 0 Å². The summed E-state index contributed by atoms with van der Waals surface area (Å²) in [5, 5.41) is 11.3. The van der Waals surface area contributed by atoms with E-state index in [-0.39, 0.29) is 6.61 Å². The highest BCUT2D eigenvalue weighted by Crippen LogP contribution is 2.18. The third kappa shape index (κ3) is 4.53. The van der Waals surface area contributed by atoms with Gasteiger partial charge in [0.1, 0.15) is 0 Å². The van der Waals surface area contributed by atoms with Gasteiger partial charge in [0, 0.05) is 11.5 Å². The second-order valence-electron chi connectivity index (χ2n) is 4.34. The van der Waals surface area contributed by atoms with Crippen molar-refractivity contribution in [3.05, 3.63) is 48.0 Å². The van der Waals surface area contributed by atoms with Crippen molar-refractivity contribution in [1.82, 2.24) is 0 Å². The molecule has 2 aromatic rings. The van der Waals surface area contributed by atoms with E-state index in [9.17, 15) is 0 Å². The van der Waals surface area contributed by atoms with Gasteiger partial charge < -0.3 is 9.84 Å². The van der Waals surface area contributed by atoms with Crippen LogP contribution in [0.15, 0.2) is 42.5 Å². The molecule has 2 aromatic carbocycles. The Morgan fingerprint density at radius 1 is 0.947 bits per heavy atom. The van der Waals surface area contributed by atoms with Gasteiger partial charge in [0.05, 0.1) is 19.8 Å². The fraction of sp³-hybridized carbons (Fsp3) is 0.375. The highest BCUT2D eigenvalue weighted by molar-refractivity contribution is 7.99. The van der Waals surface area contributed by atoms with Crippen molar-refractivity contribution in [2.24, 2.45) is 0 Å². The molecule has 0 radical (unpaired) electrons. The summed E-state index contributed by atoms with van der Waals surface area (Å²) in [6.07, 6.45) is 0.950. The molecule has 0 bridgehead atoms. The number of hydrogen-bond donors (Lipinski definition) is 1. The van der Waals surface area contributed by atoms with Crippen LogP contribution < -0.4 is 0 Å². The molecule has 0 aliphatic carbocycles. The van der Waals surface area contributed by atoms with Gasteiger partial charge in [-0.3, -0.25) is 0 Å². The maximum Gasteiger partial charge on any atom is 0.0556 e. The van der Waals surface area contributed by atoms with E-state index < -0.39 is 0 Å². The zero-order valence-electron chi connectivity index (χ0n) is 11.0. The van der Waals surface area contributed by atoms with E-state index in [1.54, 1.807) is 11.8 Å². The Balaban J connectivity index is 1.78. The van der Waals surface area contributed by atoms with E-state index in [0.717, 1.165) is 31.1 Å². The van der Waals surface area contributed by atoms with Crippen molar-refractivity contribution in [2.45, 2.75) is 6.42 Å². The average Bonchev–Trinajstić information content (AvgIpc) is 2.46. The first-order valence-electron chi connectivity index (χ1n) is 6.65. The van der Waals surface area contributed by atoms with E-state index in [0.29, 0.717) is 0 Å². The molecular weight excluding hydrogens is 256 g/mol. The van der Waals surface area contributed by atoms with Crippen molar-refractivity contribution in [3.8, 4) is 0 Å². The number of rotatable bonds is 8. The second kappa shape index (κ2) is 8.20. The molecule has 0 amide bonds. The smallest absolute Gasteiger partial charge is 0.0556 e. The third-order valence-electron chi connectivity index (χ3n) is 3.00. The van der Waals surface area contributed by atoms with Crippen molar-refractivity contribution in [3.63, 3.8) is 0 Å². The lowest BCUT2D eigenvalue weighted by molar-refractivity contribution is 0.153. The number of fused-ring (bicyclic) bond motifs is 1. The SMILES string of the molecule is OCCSCCOCCc1cccc2ccccc12. The Hall–Kier alpha value is -1.03. The highest BCUT2D eigenvalue weighted by Gasteiger charge is 2.00. The minimum atomic E-state index is 0.251. The molecule has 3 heteroatoms. The monoisotopic (exact) mass is 276 g/mol. The van der Waals surface area contributed by atoms with Crippen LogP contribution in [0.4, 0.5) is 0 Å². The van der Waals surface area contributed by atoms with E-state index in [4.69, 9.17) is 9.84 Å². The van der Waals surface area contributed by atoms with Crippen LogP contribution in [0.1, 0.15) is 5.56 Å². The summed E-state index contributed by atoms with van der Waals surface area (Å²) in [6, 6.07) is 14.9. The van der Waals surface area contributed by atoms with Gasteiger partial charge in [-0.1, -0.05) is 42.5 Å². The van der Waals surface area contributed by atoms with Crippen LogP contribution >= 0.6 is 11.8 Å². The number of thioether (sulfide) groups is 1. The lowest BCUT2D eigenvalue weighted by atomic mass is 10.0. The maximum atomic E-state index is 8.66. The van der Waals surface area contributed by atoms with Gasteiger partial charge in [-0.25, -0.2) is 0 Å². The van der Waals surface area contributed by atoms with Crippen molar-refractivity contribution in [2.75, 3.05) is 31.3 Å². The molecule has 2 rings (SSSR count). The Bertz CT molecular complexity index is 494. The molecule has 2 nitrogen and oxygen atoms in total. The summed E-state index contributed by atoms with van der Waals surface area (Å²) in [5.41, 5.74) is 1.35. The predicted octanol–water partition coefficient (Wildman–Crippen LogP) is 3.12. The van der Waals surface area contributed by atoms with Gasteiger partial charge in [-0.2, -0.15) is 11.8 Å². The van der Waals surface area contributed by atoms with Gasteiger partial charge >= 0.3 is 0 Å². The number of aliphatic hydroxyl groups excluding tert-OH is 1. The molecule has 0 atom stereocenters. The summed E-state index contributed by atoms with van der Waals surface area (Å²) in [7, 11) is 0. The first kappa shape index (κ1) is 14.4. The van der Waals surface area contributed by atoms with Gasteiger partial charge in [-0.15, -0.1) is 0 Å². The van der Waals surface area contributed by atoms with Crippen LogP contribution in [-0.2, 0) is 11.2 Å². The van der Waals surface area contributed by atoms with E-state index in [1.165, 1.54) is 16.3 Å². The quantitative estimate of drug-likeness (QED) is 0.751. The molecule has 0 aromatic heterocycles. The Labute approximate surface area is 118 Å². The molecule has 0 fully saturated rings. The topological polar surface area (TPSA) is 29.5 Å². The normalized spacial score (nSPS) is 11.0. The minimum absolute atomic E-state index is 0.251. The predicted molar refractivity (Wildman–Crippen MR) is 82.9 cm³/mol. The summed E-state index contributed by atoms with van der Waals surface area (Å²) in [4.78, 5) is 0. The Morgan fingerprint density at radius 3 is 2.68 bits per heavy atom. The van der Waals surface area contributed by atoms with Gasteiger partial charge in [0.25, 0.3) is 0 Å². The molecule has 0 aliphatic heterocycles. The molecule has 0 heterocycles.